The summed E-state index contributed by atoms with van der Waals surface area (Å²) in [7, 11) is 1.75. The number of hydrogen-bond donors (Lipinski definition) is 1. The summed E-state index contributed by atoms with van der Waals surface area (Å²) in [5, 5.41) is 0. The lowest BCUT2D eigenvalue weighted by atomic mass is 9.99. The molecule has 3 heteroatoms. The van der Waals surface area contributed by atoms with Crippen LogP contribution in [-0.4, -0.2) is 37.7 Å². The molecule has 2 atom stereocenters. The lowest BCUT2D eigenvalue weighted by Gasteiger charge is -2.30. The molecule has 0 spiro atoms. The molecule has 108 valence electrons. The third kappa shape index (κ3) is 4.60. The van der Waals surface area contributed by atoms with E-state index in [1.807, 2.05) is 0 Å². The molecule has 1 aromatic rings. The summed E-state index contributed by atoms with van der Waals surface area (Å²) in [6, 6.07) is 6.94. The zero-order valence-corrected chi connectivity index (χ0v) is 12.9. The fraction of sp³-hybridized carbons (Fsp3) is 0.625. The average molecular weight is 264 g/mol. The highest BCUT2D eigenvalue weighted by Gasteiger charge is 2.17. The second-order valence-corrected chi connectivity index (χ2v) is 5.36. The lowest BCUT2D eigenvalue weighted by molar-refractivity contribution is 0.0986. The van der Waals surface area contributed by atoms with E-state index in [2.05, 4.69) is 50.8 Å². The van der Waals surface area contributed by atoms with Crippen molar-refractivity contribution in [3.63, 3.8) is 0 Å². The van der Waals surface area contributed by atoms with Crippen molar-refractivity contribution in [2.75, 3.05) is 26.8 Å². The van der Waals surface area contributed by atoms with E-state index < -0.39 is 0 Å². The molecule has 0 saturated heterocycles. The van der Waals surface area contributed by atoms with Crippen LogP contribution in [0.25, 0.3) is 0 Å². The second kappa shape index (κ2) is 7.63. The largest absolute Gasteiger partial charge is 0.383 e. The molecule has 1 aromatic carbocycles. The Labute approximate surface area is 117 Å². The monoisotopic (exact) mass is 264 g/mol. The zero-order chi connectivity index (χ0) is 14.4. The number of nitrogens with zero attached hydrogens (tertiary/aromatic N) is 1. The quantitative estimate of drug-likeness (QED) is 0.823. The maximum absolute atomic E-state index is 6.39. The third-order valence-electron chi connectivity index (χ3n) is 3.70. The molecule has 0 saturated carbocycles. The Hall–Kier alpha value is -0.900. The summed E-state index contributed by atoms with van der Waals surface area (Å²) in [6.07, 6.45) is 0. The molecule has 2 N–H and O–H groups in total. The third-order valence-corrected chi connectivity index (χ3v) is 3.70. The fourth-order valence-corrected chi connectivity index (χ4v) is 2.48. The molecule has 3 nitrogen and oxygen atoms in total. The Morgan fingerprint density at radius 3 is 2.58 bits per heavy atom. The molecule has 19 heavy (non-hydrogen) atoms. The molecular formula is C16H28N2O. The van der Waals surface area contributed by atoms with Crippen LogP contribution in [-0.2, 0) is 4.74 Å². The molecular weight excluding hydrogens is 236 g/mol. The summed E-state index contributed by atoms with van der Waals surface area (Å²) in [4.78, 5) is 2.37. The average Bonchev–Trinajstić information content (AvgIpc) is 2.38. The van der Waals surface area contributed by atoms with Crippen LogP contribution in [0.1, 0.15) is 36.6 Å². The molecule has 0 fully saturated rings. The molecule has 1 rings (SSSR count). The first kappa shape index (κ1) is 16.2. The van der Waals surface area contributed by atoms with Crippen molar-refractivity contribution >= 4 is 0 Å². The van der Waals surface area contributed by atoms with Gasteiger partial charge >= 0.3 is 0 Å². The molecule has 0 heterocycles. The van der Waals surface area contributed by atoms with Gasteiger partial charge < -0.3 is 10.5 Å². The van der Waals surface area contributed by atoms with Gasteiger partial charge in [-0.1, -0.05) is 30.7 Å². The molecule has 0 aliphatic rings. The predicted molar refractivity (Wildman–Crippen MR) is 81.4 cm³/mol. The van der Waals surface area contributed by atoms with Crippen molar-refractivity contribution in [1.82, 2.24) is 4.90 Å². The van der Waals surface area contributed by atoms with Crippen molar-refractivity contribution < 1.29 is 4.74 Å². The van der Waals surface area contributed by atoms with E-state index in [0.29, 0.717) is 6.04 Å². The van der Waals surface area contributed by atoms with Crippen molar-refractivity contribution in [2.24, 2.45) is 5.73 Å². The standard InChI is InChI=1S/C16H28N2O/c1-6-18(14(4)11-19-5)10-16(17)15-9-12(2)7-8-13(15)3/h7-9,14,16H,6,10-11,17H2,1-5H3. The van der Waals surface area contributed by atoms with Gasteiger partial charge in [0.2, 0.25) is 0 Å². The Kier molecular flexibility index (Phi) is 6.49. The topological polar surface area (TPSA) is 38.5 Å². The molecule has 0 aromatic heterocycles. The normalized spacial score (nSPS) is 14.7. The smallest absolute Gasteiger partial charge is 0.0615 e. The molecule has 0 bridgehead atoms. The first-order chi connectivity index (χ1) is 8.99. The second-order valence-electron chi connectivity index (χ2n) is 5.36. The van der Waals surface area contributed by atoms with Crippen LogP contribution in [0.2, 0.25) is 0 Å². The Morgan fingerprint density at radius 2 is 2.00 bits per heavy atom. The molecule has 2 unspecified atom stereocenters. The van der Waals surface area contributed by atoms with Crippen LogP contribution < -0.4 is 5.73 Å². The number of rotatable bonds is 7. The van der Waals surface area contributed by atoms with Gasteiger partial charge in [-0.05, 0) is 38.4 Å². The molecule has 0 amide bonds. The van der Waals surface area contributed by atoms with Gasteiger partial charge in [-0.3, -0.25) is 4.90 Å². The van der Waals surface area contributed by atoms with Gasteiger partial charge in [0.1, 0.15) is 0 Å². The van der Waals surface area contributed by atoms with Crippen LogP contribution in [0.5, 0.6) is 0 Å². The summed E-state index contributed by atoms with van der Waals surface area (Å²) in [6.45, 7) is 11.2. The van der Waals surface area contributed by atoms with E-state index >= 15 is 0 Å². The number of aryl methyl sites for hydroxylation is 2. The molecule has 0 aliphatic heterocycles. The minimum atomic E-state index is 0.0548. The minimum Gasteiger partial charge on any atom is -0.383 e. The van der Waals surface area contributed by atoms with Crippen molar-refractivity contribution in [2.45, 2.75) is 39.8 Å². The summed E-state index contributed by atoms with van der Waals surface area (Å²) in [5.41, 5.74) is 10.2. The van der Waals surface area contributed by atoms with E-state index in [1.54, 1.807) is 7.11 Å². The van der Waals surface area contributed by atoms with E-state index in [4.69, 9.17) is 10.5 Å². The van der Waals surface area contributed by atoms with E-state index in [1.165, 1.54) is 16.7 Å². The highest BCUT2D eigenvalue weighted by molar-refractivity contribution is 5.33. The Bertz CT molecular complexity index is 392. The lowest BCUT2D eigenvalue weighted by Crippen LogP contribution is -2.40. The van der Waals surface area contributed by atoms with Gasteiger partial charge in [0.25, 0.3) is 0 Å². The van der Waals surface area contributed by atoms with E-state index in [9.17, 15) is 0 Å². The van der Waals surface area contributed by atoms with Crippen LogP contribution in [0, 0.1) is 13.8 Å². The maximum atomic E-state index is 6.39. The van der Waals surface area contributed by atoms with E-state index in [0.717, 1.165) is 19.7 Å². The number of nitrogens with two attached hydrogens (primary N) is 1. The summed E-state index contributed by atoms with van der Waals surface area (Å²) in [5.74, 6) is 0. The maximum Gasteiger partial charge on any atom is 0.0615 e. The van der Waals surface area contributed by atoms with Crippen molar-refractivity contribution in [3.05, 3.63) is 34.9 Å². The fourth-order valence-electron chi connectivity index (χ4n) is 2.48. The van der Waals surface area contributed by atoms with Crippen LogP contribution in [0.3, 0.4) is 0 Å². The summed E-state index contributed by atoms with van der Waals surface area (Å²) < 4.78 is 5.23. The number of benzene rings is 1. The van der Waals surface area contributed by atoms with Crippen LogP contribution >= 0.6 is 0 Å². The van der Waals surface area contributed by atoms with Gasteiger partial charge in [0, 0.05) is 25.7 Å². The van der Waals surface area contributed by atoms with Gasteiger partial charge in [0.15, 0.2) is 0 Å². The number of hydrogen-bond acceptors (Lipinski definition) is 3. The minimum absolute atomic E-state index is 0.0548. The van der Waals surface area contributed by atoms with Crippen LogP contribution in [0.4, 0.5) is 0 Å². The van der Waals surface area contributed by atoms with Gasteiger partial charge in [-0.15, -0.1) is 0 Å². The van der Waals surface area contributed by atoms with Gasteiger partial charge in [-0.2, -0.15) is 0 Å². The first-order valence-corrected chi connectivity index (χ1v) is 7.05. The van der Waals surface area contributed by atoms with Crippen LogP contribution in [0.15, 0.2) is 18.2 Å². The highest BCUT2D eigenvalue weighted by atomic mass is 16.5. The predicted octanol–water partition coefficient (Wildman–Crippen LogP) is 2.66. The SMILES string of the molecule is CCN(CC(N)c1cc(C)ccc1C)C(C)COC. The Balaban J connectivity index is 2.76. The van der Waals surface area contributed by atoms with Gasteiger partial charge in [0.05, 0.1) is 6.61 Å². The number of ether oxygens (including phenoxy) is 1. The zero-order valence-electron chi connectivity index (χ0n) is 12.9. The van der Waals surface area contributed by atoms with Crippen molar-refractivity contribution in [3.8, 4) is 0 Å². The number of methoxy groups -OCH3 is 1. The van der Waals surface area contributed by atoms with Gasteiger partial charge in [-0.25, -0.2) is 0 Å². The van der Waals surface area contributed by atoms with Crippen molar-refractivity contribution in [1.29, 1.82) is 0 Å². The summed E-state index contributed by atoms with van der Waals surface area (Å²) >= 11 is 0. The first-order valence-electron chi connectivity index (χ1n) is 7.05. The van der Waals surface area contributed by atoms with E-state index in [-0.39, 0.29) is 6.04 Å². The molecule has 0 radical (unpaired) electrons. The molecule has 0 aliphatic carbocycles. The Morgan fingerprint density at radius 1 is 1.32 bits per heavy atom. The highest BCUT2D eigenvalue weighted by Crippen LogP contribution is 2.19. The number of likely N-dealkylation sites (N-methyl/N-ethyl adjacent to an activating group) is 1.